The monoisotopic (exact) mass is 532 g/mol. The van der Waals surface area contributed by atoms with Crippen LogP contribution in [0.3, 0.4) is 0 Å². The summed E-state index contributed by atoms with van der Waals surface area (Å²) >= 11 is 0. The van der Waals surface area contributed by atoms with Crippen LogP contribution in [0.2, 0.25) is 0 Å². The molecule has 1 unspecified atom stereocenters. The van der Waals surface area contributed by atoms with Gasteiger partial charge in [-0.1, -0.05) is 24.3 Å². The van der Waals surface area contributed by atoms with Crippen molar-refractivity contribution in [3.63, 3.8) is 0 Å². The van der Waals surface area contributed by atoms with Crippen LogP contribution < -0.4 is 31.0 Å². The minimum Gasteiger partial charge on any atom is -0.497 e. The van der Waals surface area contributed by atoms with Crippen molar-refractivity contribution in [2.75, 3.05) is 17.7 Å². The van der Waals surface area contributed by atoms with Crippen molar-refractivity contribution in [2.45, 2.75) is 12.2 Å². The fourth-order valence-corrected chi connectivity index (χ4v) is 3.58. The summed E-state index contributed by atoms with van der Waals surface area (Å²) in [5.74, 6) is -5.22. The van der Waals surface area contributed by atoms with Crippen LogP contribution in [0.1, 0.15) is 17.2 Å². The van der Waals surface area contributed by atoms with Crippen LogP contribution in [0.5, 0.6) is 11.5 Å². The molecule has 196 valence electrons. The second-order valence-electron chi connectivity index (χ2n) is 7.98. The molecule has 4 aromatic carbocycles. The summed E-state index contributed by atoms with van der Waals surface area (Å²) in [5.41, 5.74) is -1.54. The smallest absolute Gasteiger partial charge is 0.491 e. The molecule has 0 heterocycles. The first-order valence-corrected chi connectivity index (χ1v) is 10.8. The molecule has 1 atom stereocenters. The van der Waals surface area contributed by atoms with Gasteiger partial charge in [-0.3, -0.25) is 9.59 Å². The van der Waals surface area contributed by atoms with E-state index < -0.39 is 52.1 Å². The van der Waals surface area contributed by atoms with Crippen molar-refractivity contribution in [1.29, 1.82) is 0 Å². The molecular weight excluding hydrogens is 515 g/mol. The maximum Gasteiger partial charge on any atom is 0.491 e. The van der Waals surface area contributed by atoms with E-state index in [0.717, 1.165) is 12.1 Å². The maximum atomic E-state index is 13.8. The number of methoxy groups -OCH3 is 1. The second-order valence-corrected chi connectivity index (χ2v) is 7.98. The van der Waals surface area contributed by atoms with E-state index in [-0.39, 0.29) is 11.4 Å². The number of carbonyl (C=O) groups is 1. The zero-order chi connectivity index (χ0) is 27.6. The lowest BCUT2D eigenvalue weighted by molar-refractivity contribution is -0.189. The van der Waals surface area contributed by atoms with Crippen molar-refractivity contribution in [1.82, 2.24) is 0 Å². The van der Waals surface area contributed by atoms with Crippen LogP contribution in [-0.4, -0.2) is 19.3 Å². The first-order valence-electron chi connectivity index (χ1n) is 10.8. The molecule has 7 nitrogen and oxygen atoms in total. The molecular formula is C26H17F5N2O5. The fraction of sp³-hybridized carbons (Fsp3) is 0.115. The number of hydrogen-bond donors (Lipinski definition) is 2. The Balaban J connectivity index is 1.67. The number of rotatable bonds is 8. The highest BCUT2D eigenvalue weighted by Gasteiger charge is 2.43. The Morgan fingerprint density at radius 3 is 2.18 bits per heavy atom. The lowest BCUT2D eigenvalue weighted by Gasteiger charge is -2.22. The van der Waals surface area contributed by atoms with E-state index in [0.29, 0.717) is 16.9 Å². The SMILES string of the molecule is COc1ccc(C(Nc2ccc(F)c(F)c2)c2cccc(Nc3c(OC(=O)C(F)(F)F)c(=O)c3=O)c2)cc1. The van der Waals surface area contributed by atoms with Crippen molar-refractivity contribution < 1.29 is 36.2 Å². The summed E-state index contributed by atoms with van der Waals surface area (Å²) in [4.78, 5) is 34.8. The van der Waals surface area contributed by atoms with Crippen LogP contribution in [0.25, 0.3) is 0 Å². The lowest BCUT2D eigenvalue weighted by Crippen LogP contribution is -2.39. The fourth-order valence-electron chi connectivity index (χ4n) is 3.58. The number of alkyl halides is 3. The van der Waals surface area contributed by atoms with Gasteiger partial charge in [0.2, 0.25) is 5.75 Å². The molecule has 0 aliphatic rings. The Labute approximate surface area is 211 Å². The van der Waals surface area contributed by atoms with E-state index >= 15 is 0 Å². The van der Waals surface area contributed by atoms with Crippen LogP contribution >= 0.6 is 0 Å². The molecule has 0 spiro atoms. The lowest BCUT2D eigenvalue weighted by atomic mass is 9.97. The van der Waals surface area contributed by atoms with E-state index in [1.165, 1.54) is 25.3 Å². The maximum absolute atomic E-state index is 13.8. The molecule has 0 aromatic heterocycles. The van der Waals surface area contributed by atoms with Crippen molar-refractivity contribution in [3.05, 3.63) is 110 Å². The summed E-state index contributed by atoms with van der Waals surface area (Å²) in [6.45, 7) is 0. The number of hydrogen-bond acceptors (Lipinski definition) is 7. The summed E-state index contributed by atoms with van der Waals surface area (Å²) in [6.07, 6.45) is -5.37. The first-order chi connectivity index (χ1) is 18.0. The van der Waals surface area contributed by atoms with Crippen molar-refractivity contribution in [2.24, 2.45) is 0 Å². The molecule has 0 amide bonds. The first kappa shape index (κ1) is 26.3. The average Bonchev–Trinajstić information content (AvgIpc) is 2.90. The zero-order valence-electron chi connectivity index (χ0n) is 19.4. The number of nitrogens with one attached hydrogen (secondary N) is 2. The number of anilines is 3. The van der Waals surface area contributed by atoms with Crippen molar-refractivity contribution >= 4 is 23.0 Å². The zero-order valence-corrected chi connectivity index (χ0v) is 19.4. The van der Waals surface area contributed by atoms with Gasteiger partial charge in [-0.15, -0.1) is 0 Å². The molecule has 0 radical (unpaired) electrons. The largest absolute Gasteiger partial charge is 0.497 e. The highest BCUT2D eigenvalue weighted by molar-refractivity contribution is 5.82. The average molecular weight is 532 g/mol. The van der Waals surface area contributed by atoms with Gasteiger partial charge in [0.05, 0.1) is 13.2 Å². The van der Waals surface area contributed by atoms with E-state index in [1.54, 1.807) is 36.4 Å². The van der Waals surface area contributed by atoms with Gasteiger partial charge in [0.25, 0.3) is 10.9 Å². The van der Waals surface area contributed by atoms with Crippen molar-refractivity contribution in [3.8, 4) is 11.5 Å². The second kappa shape index (κ2) is 10.3. The number of halogens is 5. The number of ether oxygens (including phenoxy) is 2. The topological polar surface area (TPSA) is 93.7 Å². The van der Waals surface area contributed by atoms with Gasteiger partial charge in [-0.25, -0.2) is 13.6 Å². The molecule has 0 bridgehead atoms. The van der Waals surface area contributed by atoms with Crippen LogP contribution in [0.4, 0.5) is 39.0 Å². The number of carbonyl (C=O) groups excluding carboxylic acids is 1. The van der Waals surface area contributed by atoms with Gasteiger partial charge in [0.15, 0.2) is 11.6 Å². The van der Waals surface area contributed by atoms with Gasteiger partial charge in [0.1, 0.15) is 11.4 Å². The third-order valence-electron chi connectivity index (χ3n) is 5.46. The molecule has 0 aliphatic heterocycles. The van der Waals surface area contributed by atoms with Crippen LogP contribution in [-0.2, 0) is 4.79 Å². The summed E-state index contributed by atoms with van der Waals surface area (Å²) < 4.78 is 74.2. The molecule has 4 rings (SSSR count). The Morgan fingerprint density at radius 1 is 0.842 bits per heavy atom. The van der Waals surface area contributed by atoms with E-state index in [9.17, 15) is 36.3 Å². The number of esters is 1. The minimum absolute atomic E-state index is 0.171. The quantitative estimate of drug-likeness (QED) is 0.188. The molecule has 0 aliphatic carbocycles. The minimum atomic E-state index is -5.37. The molecule has 38 heavy (non-hydrogen) atoms. The van der Waals surface area contributed by atoms with Gasteiger partial charge in [-0.2, -0.15) is 13.2 Å². The van der Waals surface area contributed by atoms with Gasteiger partial charge >= 0.3 is 12.1 Å². The highest BCUT2D eigenvalue weighted by Crippen LogP contribution is 2.32. The molecule has 12 heteroatoms. The van der Waals surface area contributed by atoms with Gasteiger partial charge in [0, 0.05) is 17.4 Å². The molecule has 0 saturated heterocycles. The van der Waals surface area contributed by atoms with Crippen LogP contribution in [0, 0.1) is 11.6 Å². The third-order valence-corrected chi connectivity index (χ3v) is 5.46. The molecule has 4 aromatic rings. The van der Waals surface area contributed by atoms with Gasteiger partial charge in [-0.05, 0) is 47.5 Å². The predicted molar refractivity (Wildman–Crippen MR) is 128 cm³/mol. The summed E-state index contributed by atoms with van der Waals surface area (Å²) in [5, 5.41) is 5.61. The predicted octanol–water partition coefficient (Wildman–Crippen LogP) is 4.98. The third kappa shape index (κ3) is 5.48. The molecule has 0 fully saturated rings. The number of benzene rings is 3. The highest BCUT2D eigenvalue weighted by atomic mass is 19.4. The van der Waals surface area contributed by atoms with Crippen LogP contribution in [0.15, 0.2) is 76.3 Å². The molecule has 0 saturated carbocycles. The Kier molecular flexibility index (Phi) is 7.15. The van der Waals surface area contributed by atoms with E-state index in [1.807, 2.05) is 0 Å². The summed E-state index contributed by atoms with van der Waals surface area (Å²) in [6, 6.07) is 15.6. The Morgan fingerprint density at radius 2 is 1.55 bits per heavy atom. The van der Waals surface area contributed by atoms with E-state index in [4.69, 9.17) is 4.74 Å². The van der Waals surface area contributed by atoms with Gasteiger partial charge < -0.3 is 20.1 Å². The molecule has 2 N–H and O–H groups in total. The van der Waals surface area contributed by atoms with E-state index in [2.05, 4.69) is 15.4 Å². The Bertz CT molecular complexity index is 1560. The standard InChI is InChI=1S/C26H17F5N2O5/c1-37-17-8-5-13(6-9-17)20(32-16-7-10-18(27)19(28)12-16)14-3-2-4-15(11-14)33-21-22(34)23(35)24(21)38-25(36)26(29,30)31/h2-12,20,32-33H,1H3. The normalized spacial score (nSPS) is 12.2. The summed E-state index contributed by atoms with van der Waals surface area (Å²) in [7, 11) is 1.49. The Hall–Kier alpha value is -4.74.